The summed E-state index contributed by atoms with van der Waals surface area (Å²) >= 11 is 0. The van der Waals surface area contributed by atoms with Crippen LogP contribution >= 0.6 is 0 Å². The normalized spacial score (nSPS) is 13.2. The van der Waals surface area contributed by atoms with Gasteiger partial charge in [0.25, 0.3) is 0 Å². The van der Waals surface area contributed by atoms with Crippen LogP contribution < -0.4 is 5.32 Å². The molecular weight excluding hydrogens is 258 g/mol. The van der Waals surface area contributed by atoms with Gasteiger partial charge in [-0.25, -0.2) is 4.79 Å². The Hall–Kier alpha value is -2.14. The van der Waals surface area contributed by atoms with Crippen LogP contribution in [0.15, 0.2) is 43.0 Å². The first-order valence-electron chi connectivity index (χ1n) is 6.34. The van der Waals surface area contributed by atoms with Crippen LogP contribution in [0.25, 0.3) is 0 Å². The molecule has 0 aliphatic carbocycles. The summed E-state index contributed by atoms with van der Waals surface area (Å²) in [6.45, 7) is 5.35. The first-order chi connectivity index (χ1) is 9.54. The van der Waals surface area contributed by atoms with E-state index in [1.807, 2.05) is 30.3 Å². The van der Waals surface area contributed by atoms with Gasteiger partial charge in [-0.3, -0.25) is 4.79 Å². The number of carbonyl (C=O) groups is 2. The Morgan fingerprint density at radius 3 is 2.60 bits per heavy atom. The van der Waals surface area contributed by atoms with E-state index in [2.05, 4.69) is 11.9 Å². The van der Waals surface area contributed by atoms with Crippen molar-refractivity contribution in [3.05, 3.63) is 48.6 Å². The van der Waals surface area contributed by atoms with E-state index >= 15 is 0 Å². The lowest BCUT2D eigenvalue weighted by atomic mass is 10.2. The van der Waals surface area contributed by atoms with Gasteiger partial charge < -0.3 is 15.2 Å². The topological polar surface area (TPSA) is 75.6 Å². The quantitative estimate of drug-likeness (QED) is 0.710. The minimum Gasteiger partial charge on any atom is -0.480 e. The molecular formula is C15H19NO4. The van der Waals surface area contributed by atoms with Crippen molar-refractivity contribution in [3.63, 3.8) is 0 Å². The maximum Gasteiger partial charge on any atom is 0.326 e. The molecule has 2 unspecified atom stereocenters. The van der Waals surface area contributed by atoms with Crippen LogP contribution in [-0.2, 0) is 20.9 Å². The predicted octanol–water partition coefficient (Wildman–Crippen LogP) is 1.74. The van der Waals surface area contributed by atoms with E-state index in [9.17, 15) is 9.59 Å². The average molecular weight is 277 g/mol. The number of benzene rings is 1. The zero-order chi connectivity index (χ0) is 15.0. The summed E-state index contributed by atoms with van der Waals surface area (Å²) in [5.41, 5.74) is 0.952. The summed E-state index contributed by atoms with van der Waals surface area (Å²) in [6, 6.07) is 8.47. The maximum atomic E-state index is 11.8. The third-order valence-corrected chi connectivity index (χ3v) is 2.73. The molecule has 0 aromatic heterocycles. The second-order valence-corrected chi connectivity index (χ2v) is 4.36. The van der Waals surface area contributed by atoms with Crippen molar-refractivity contribution in [1.29, 1.82) is 0 Å². The number of aliphatic carboxylic acids is 1. The molecule has 0 spiro atoms. The number of carboxylic acid groups (broad SMARTS) is 1. The van der Waals surface area contributed by atoms with E-state index in [1.54, 1.807) is 6.92 Å². The lowest BCUT2D eigenvalue weighted by Gasteiger charge is -2.17. The summed E-state index contributed by atoms with van der Waals surface area (Å²) in [7, 11) is 0. The molecule has 2 atom stereocenters. The number of hydrogen-bond acceptors (Lipinski definition) is 3. The van der Waals surface area contributed by atoms with Gasteiger partial charge in [0.15, 0.2) is 0 Å². The van der Waals surface area contributed by atoms with E-state index in [0.29, 0.717) is 6.61 Å². The molecule has 5 nitrogen and oxygen atoms in total. The van der Waals surface area contributed by atoms with Gasteiger partial charge in [-0.15, -0.1) is 6.58 Å². The van der Waals surface area contributed by atoms with Crippen LogP contribution in [0.4, 0.5) is 0 Å². The van der Waals surface area contributed by atoms with E-state index in [0.717, 1.165) is 5.56 Å². The van der Waals surface area contributed by atoms with Gasteiger partial charge in [-0.05, 0) is 18.9 Å². The summed E-state index contributed by atoms with van der Waals surface area (Å²) in [4.78, 5) is 22.7. The van der Waals surface area contributed by atoms with Crippen LogP contribution in [0.3, 0.4) is 0 Å². The third-order valence-electron chi connectivity index (χ3n) is 2.73. The van der Waals surface area contributed by atoms with Crippen molar-refractivity contribution in [3.8, 4) is 0 Å². The Labute approximate surface area is 118 Å². The van der Waals surface area contributed by atoms with Gasteiger partial charge in [0.1, 0.15) is 12.1 Å². The fourth-order valence-electron chi connectivity index (χ4n) is 1.55. The standard InChI is InChI=1S/C15H19NO4/c1-3-7-13(15(18)19)16-14(17)11(2)20-10-12-8-5-4-6-9-12/h3-6,8-9,11,13H,1,7,10H2,2H3,(H,16,17)(H,18,19). The SMILES string of the molecule is C=CCC(NC(=O)C(C)OCc1ccccc1)C(=O)O. The monoisotopic (exact) mass is 277 g/mol. The number of nitrogens with one attached hydrogen (secondary N) is 1. The Balaban J connectivity index is 2.46. The molecule has 5 heteroatoms. The molecule has 0 bridgehead atoms. The minimum absolute atomic E-state index is 0.173. The zero-order valence-corrected chi connectivity index (χ0v) is 11.4. The number of rotatable bonds is 8. The minimum atomic E-state index is -1.09. The molecule has 2 N–H and O–H groups in total. The molecule has 0 saturated carbocycles. The zero-order valence-electron chi connectivity index (χ0n) is 11.4. The molecule has 1 aromatic carbocycles. The molecule has 20 heavy (non-hydrogen) atoms. The average Bonchev–Trinajstić information content (AvgIpc) is 2.45. The fourth-order valence-corrected chi connectivity index (χ4v) is 1.55. The van der Waals surface area contributed by atoms with Crippen LogP contribution in [-0.4, -0.2) is 29.1 Å². The summed E-state index contributed by atoms with van der Waals surface area (Å²) < 4.78 is 5.42. The van der Waals surface area contributed by atoms with Crippen LogP contribution in [0.1, 0.15) is 18.9 Å². The summed E-state index contributed by atoms with van der Waals surface area (Å²) in [5.74, 6) is -1.54. The van der Waals surface area contributed by atoms with Crippen molar-refractivity contribution >= 4 is 11.9 Å². The number of amides is 1. The summed E-state index contributed by atoms with van der Waals surface area (Å²) in [5, 5.41) is 11.4. The Morgan fingerprint density at radius 2 is 2.05 bits per heavy atom. The molecule has 1 rings (SSSR count). The van der Waals surface area contributed by atoms with Crippen LogP contribution in [0.2, 0.25) is 0 Å². The predicted molar refractivity (Wildman–Crippen MR) is 75.1 cm³/mol. The first-order valence-corrected chi connectivity index (χ1v) is 6.34. The van der Waals surface area contributed by atoms with E-state index in [-0.39, 0.29) is 6.42 Å². The van der Waals surface area contributed by atoms with E-state index in [4.69, 9.17) is 9.84 Å². The van der Waals surface area contributed by atoms with Crippen molar-refractivity contribution in [2.24, 2.45) is 0 Å². The second-order valence-electron chi connectivity index (χ2n) is 4.36. The van der Waals surface area contributed by atoms with Crippen LogP contribution in [0, 0.1) is 0 Å². The second kappa shape index (κ2) is 8.12. The molecule has 0 aliphatic heterocycles. The molecule has 0 fully saturated rings. The summed E-state index contributed by atoms with van der Waals surface area (Å²) in [6.07, 6.45) is 0.906. The number of ether oxygens (including phenoxy) is 1. The van der Waals surface area contributed by atoms with E-state index < -0.39 is 24.0 Å². The molecule has 1 aromatic rings. The van der Waals surface area contributed by atoms with Gasteiger partial charge in [-0.1, -0.05) is 36.4 Å². The number of hydrogen-bond donors (Lipinski definition) is 2. The van der Waals surface area contributed by atoms with Crippen LogP contribution in [0.5, 0.6) is 0 Å². The van der Waals surface area contributed by atoms with E-state index in [1.165, 1.54) is 6.08 Å². The smallest absolute Gasteiger partial charge is 0.326 e. The largest absolute Gasteiger partial charge is 0.480 e. The van der Waals surface area contributed by atoms with Gasteiger partial charge >= 0.3 is 5.97 Å². The molecule has 0 saturated heterocycles. The van der Waals surface area contributed by atoms with Gasteiger partial charge in [-0.2, -0.15) is 0 Å². The Bertz CT molecular complexity index is 458. The van der Waals surface area contributed by atoms with Crippen molar-refractivity contribution in [1.82, 2.24) is 5.32 Å². The fraction of sp³-hybridized carbons (Fsp3) is 0.333. The maximum absolute atomic E-state index is 11.8. The van der Waals surface area contributed by atoms with Crippen molar-refractivity contribution < 1.29 is 19.4 Å². The van der Waals surface area contributed by atoms with Gasteiger partial charge in [0.2, 0.25) is 5.91 Å². The highest BCUT2D eigenvalue weighted by atomic mass is 16.5. The van der Waals surface area contributed by atoms with Crippen molar-refractivity contribution in [2.45, 2.75) is 32.1 Å². The first kappa shape index (κ1) is 15.9. The number of carbonyl (C=O) groups excluding carboxylic acids is 1. The van der Waals surface area contributed by atoms with Crippen molar-refractivity contribution in [2.75, 3.05) is 0 Å². The molecule has 108 valence electrons. The Morgan fingerprint density at radius 1 is 1.40 bits per heavy atom. The lowest BCUT2D eigenvalue weighted by molar-refractivity contribution is -0.144. The highest BCUT2D eigenvalue weighted by Gasteiger charge is 2.22. The molecule has 0 aliphatic rings. The highest BCUT2D eigenvalue weighted by Crippen LogP contribution is 2.04. The molecule has 0 heterocycles. The van der Waals surface area contributed by atoms with Gasteiger partial charge in [0, 0.05) is 0 Å². The number of carboxylic acids is 1. The van der Waals surface area contributed by atoms with Gasteiger partial charge in [0.05, 0.1) is 6.61 Å². The lowest BCUT2D eigenvalue weighted by Crippen LogP contribution is -2.45. The molecule has 0 radical (unpaired) electrons. The Kier molecular flexibility index (Phi) is 6.46. The molecule has 1 amide bonds. The third kappa shape index (κ3) is 5.24. The highest BCUT2D eigenvalue weighted by molar-refractivity contribution is 5.86.